The number of rotatable bonds is 5. The molecular weight excluding hydrogens is 339 g/mol. The minimum atomic E-state index is -0.403. The molecule has 1 aliphatic heterocycles. The standard InChI is InChI=1S/C20H28ClFN2O/c21-19-13-16(22)3-6-18(19)20(25)15-8-11-24(12-9-15)10-7-14-1-4-17(23)5-2-14/h3,6,13-15,17H,1-2,4-5,7-12,23H2. The molecule has 3 nitrogen and oxygen atoms in total. The van der Waals surface area contributed by atoms with E-state index < -0.39 is 5.82 Å². The van der Waals surface area contributed by atoms with Gasteiger partial charge in [0.1, 0.15) is 5.82 Å². The Morgan fingerprint density at radius 2 is 1.84 bits per heavy atom. The van der Waals surface area contributed by atoms with E-state index in [0.717, 1.165) is 38.4 Å². The molecule has 0 amide bonds. The van der Waals surface area contributed by atoms with Crippen LogP contribution in [-0.2, 0) is 0 Å². The number of Topliss-reactive ketones (excluding diaryl/α,β-unsaturated/α-hetero) is 1. The van der Waals surface area contributed by atoms with Crippen LogP contribution in [0.1, 0.15) is 55.3 Å². The van der Waals surface area contributed by atoms with Gasteiger partial charge in [0, 0.05) is 17.5 Å². The highest BCUT2D eigenvalue weighted by molar-refractivity contribution is 6.34. The number of hydrogen-bond acceptors (Lipinski definition) is 3. The highest BCUT2D eigenvalue weighted by atomic mass is 35.5. The number of piperidine rings is 1. The maximum absolute atomic E-state index is 13.2. The second kappa shape index (κ2) is 8.61. The van der Waals surface area contributed by atoms with Gasteiger partial charge >= 0.3 is 0 Å². The lowest BCUT2D eigenvalue weighted by Crippen LogP contribution is -2.38. The van der Waals surface area contributed by atoms with Crippen molar-refractivity contribution in [1.82, 2.24) is 4.90 Å². The zero-order valence-electron chi connectivity index (χ0n) is 14.7. The molecule has 1 aliphatic carbocycles. The predicted molar refractivity (Wildman–Crippen MR) is 99.5 cm³/mol. The van der Waals surface area contributed by atoms with Crippen molar-refractivity contribution in [2.24, 2.45) is 17.6 Å². The quantitative estimate of drug-likeness (QED) is 0.791. The number of nitrogens with two attached hydrogens (primary N) is 1. The Morgan fingerprint density at radius 1 is 1.16 bits per heavy atom. The van der Waals surface area contributed by atoms with E-state index in [-0.39, 0.29) is 16.7 Å². The number of halogens is 2. The Labute approximate surface area is 154 Å². The fraction of sp³-hybridized carbons (Fsp3) is 0.650. The van der Waals surface area contributed by atoms with E-state index in [0.29, 0.717) is 11.6 Å². The third kappa shape index (κ3) is 5.02. The fourth-order valence-corrected chi connectivity index (χ4v) is 4.43. The molecule has 138 valence electrons. The van der Waals surface area contributed by atoms with Crippen LogP contribution in [0.3, 0.4) is 0 Å². The Balaban J connectivity index is 1.44. The van der Waals surface area contributed by atoms with Gasteiger partial charge in [0.15, 0.2) is 5.78 Å². The fourth-order valence-electron chi connectivity index (χ4n) is 4.17. The van der Waals surface area contributed by atoms with E-state index >= 15 is 0 Å². The van der Waals surface area contributed by atoms with Crippen LogP contribution in [-0.4, -0.2) is 36.4 Å². The smallest absolute Gasteiger partial charge is 0.167 e. The van der Waals surface area contributed by atoms with Crippen molar-refractivity contribution < 1.29 is 9.18 Å². The minimum absolute atomic E-state index is 0.00638. The molecule has 1 saturated carbocycles. The topological polar surface area (TPSA) is 46.3 Å². The summed E-state index contributed by atoms with van der Waals surface area (Å²) in [6, 6.07) is 4.46. The molecule has 2 N–H and O–H groups in total. The normalized spacial score (nSPS) is 25.9. The first-order chi connectivity index (χ1) is 12.0. The summed E-state index contributed by atoms with van der Waals surface area (Å²) in [6.07, 6.45) is 7.83. The molecule has 0 spiro atoms. The van der Waals surface area contributed by atoms with Gasteiger partial charge in [-0.25, -0.2) is 4.39 Å². The van der Waals surface area contributed by atoms with Gasteiger partial charge in [0.2, 0.25) is 0 Å². The number of ketones is 1. The van der Waals surface area contributed by atoms with E-state index in [1.54, 1.807) is 0 Å². The second-order valence-corrected chi connectivity index (χ2v) is 8.08. The number of nitrogens with zero attached hydrogens (tertiary/aromatic N) is 1. The summed E-state index contributed by atoms with van der Waals surface area (Å²) in [5.41, 5.74) is 6.43. The van der Waals surface area contributed by atoms with Crippen molar-refractivity contribution in [1.29, 1.82) is 0 Å². The molecule has 2 aliphatic rings. The Morgan fingerprint density at radius 3 is 2.48 bits per heavy atom. The monoisotopic (exact) mass is 366 g/mol. The highest BCUT2D eigenvalue weighted by Crippen LogP contribution is 2.29. The van der Waals surface area contributed by atoms with Crippen LogP contribution >= 0.6 is 11.6 Å². The molecule has 0 atom stereocenters. The molecule has 1 heterocycles. The summed E-state index contributed by atoms with van der Waals surface area (Å²) in [4.78, 5) is 15.1. The lowest BCUT2D eigenvalue weighted by Gasteiger charge is -2.33. The Kier molecular flexibility index (Phi) is 6.48. The highest BCUT2D eigenvalue weighted by Gasteiger charge is 2.27. The van der Waals surface area contributed by atoms with Gasteiger partial charge < -0.3 is 10.6 Å². The average Bonchev–Trinajstić information content (AvgIpc) is 2.61. The van der Waals surface area contributed by atoms with Crippen molar-refractivity contribution in [2.45, 2.75) is 51.0 Å². The van der Waals surface area contributed by atoms with Crippen molar-refractivity contribution >= 4 is 17.4 Å². The van der Waals surface area contributed by atoms with Crippen LogP contribution in [0.4, 0.5) is 4.39 Å². The molecule has 1 aromatic carbocycles. The molecule has 0 radical (unpaired) electrons. The van der Waals surface area contributed by atoms with Crippen LogP contribution in [0.25, 0.3) is 0 Å². The lowest BCUT2D eigenvalue weighted by molar-refractivity contribution is 0.0833. The number of hydrogen-bond donors (Lipinski definition) is 1. The van der Waals surface area contributed by atoms with E-state index in [9.17, 15) is 9.18 Å². The minimum Gasteiger partial charge on any atom is -0.328 e. The van der Waals surface area contributed by atoms with Gasteiger partial charge in [0.25, 0.3) is 0 Å². The van der Waals surface area contributed by atoms with E-state index in [1.807, 2.05) is 0 Å². The summed E-state index contributed by atoms with van der Waals surface area (Å²) < 4.78 is 13.2. The molecule has 5 heteroatoms. The third-order valence-electron chi connectivity index (χ3n) is 5.90. The van der Waals surface area contributed by atoms with Gasteiger partial charge in [-0.1, -0.05) is 11.6 Å². The summed E-state index contributed by atoms with van der Waals surface area (Å²) >= 11 is 6.04. The van der Waals surface area contributed by atoms with Crippen molar-refractivity contribution in [2.75, 3.05) is 19.6 Å². The SMILES string of the molecule is NC1CCC(CCN2CCC(C(=O)c3ccc(F)cc3Cl)CC2)CC1. The molecule has 1 saturated heterocycles. The predicted octanol–water partition coefficient (Wildman–Crippen LogP) is 4.28. The van der Waals surface area contributed by atoms with E-state index in [2.05, 4.69) is 4.90 Å². The number of benzene rings is 1. The first-order valence-electron chi connectivity index (χ1n) is 9.50. The van der Waals surface area contributed by atoms with Crippen molar-refractivity contribution in [3.05, 3.63) is 34.6 Å². The van der Waals surface area contributed by atoms with Gasteiger partial charge in [-0.05, 0) is 88.7 Å². The molecule has 0 aromatic heterocycles. The van der Waals surface area contributed by atoms with Crippen LogP contribution in [0, 0.1) is 17.7 Å². The van der Waals surface area contributed by atoms with Crippen LogP contribution in [0.5, 0.6) is 0 Å². The van der Waals surface area contributed by atoms with Crippen LogP contribution in [0.15, 0.2) is 18.2 Å². The second-order valence-electron chi connectivity index (χ2n) is 7.67. The number of carbonyl (C=O) groups excluding carboxylic acids is 1. The Bertz CT molecular complexity index is 593. The summed E-state index contributed by atoms with van der Waals surface area (Å²) in [5, 5.41) is 0.225. The largest absolute Gasteiger partial charge is 0.328 e. The van der Waals surface area contributed by atoms with Crippen LogP contribution < -0.4 is 5.73 Å². The Hall–Kier alpha value is -0.970. The molecule has 1 aromatic rings. The van der Waals surface area contributed by atoms with E-state index in [1.165, 1.54) is 50.3 Å². The number of likely N-dealkylation sites (tertiary alicyclic amines) is 1. The van der Waals surface area contributed by atoms with Gasteiger partial charge in [-0.2, -0.15) is 0 Å². The van der Waals surface area contributed by atoms with Crippen LogP contribution in [0.2, 0.25) is 5.02 Å². The first-order valence-corrected chi connectivity index (χ1v) is 9.88. The van der Waals surface area contributed by atoms with E-state index in [4.69, 9.17) is 17.3 Å². The number of carbonyl (C=O) groups is 1. The molecule has 2 fully saturated rings. The zero-order chi connectivity index (χ0) is 17.8. The molecular formula is C20H28ClFN2O. The molecule has 0 bridgehead atoms. The summed E-state index contributed by atoms with van der Waals surface area (Å²) in [6.45, 7) is 3.04. The molecule has 0 unspecified atom stereocenters. The average molecular weight is 367 g/mol. The summed E-state index contributed by atoms with van der Waals surface area (Å²) in [5.74, 6) is 0.482. The van der Waals surface area contributed by atoms with Crippen molar-refractivity contribution in [3.8, 4) is 0 Å². The first kappa shape index (κ1) is 18.8. The van der Waals surface area contributed by atoms with Gasteiger partial charge in [0.05, 0.1) is 5.02 Å². The third-order valence-corrected chi connectivity index (χ3v) is 6.21. The summed E-state index contributed by atoms with van der Waals surface area (Å²) in [7, 11) is 0. The maximum atomic E-state index is 13.2. The van der Waals surface area contributed by atoms with Crippen molar-refractivity contribution in [3.63, 3.8) is 0 Å². The molecule has 3 rings (SSSR count). The zero-order valence-corrected chi connectivity index (χ0v) is 15.5. The molecule has 25 heavy (non-hydrogen) atoms. The maximum Gasteiger partial charge on any atom is 0.167 e. The van der Waals surface area contributed by atoms with Gasteiger partial charge in [-0.15, -0.1) is 0 Å². The lowest BCUT2D eigenvalue weighted by atomic mass is 9.84. The van der Waals surface area contributed by atoms with Gasteiger partial charge in [-0.3, -0.25) is 4.79 Å².